The third kappa shape index (κ3) is 5.68. The van der Waals surface area contributed by atoms with E-state index in [1.54, 1.807) is 37.7 Å². The number of aromatic nitrogens is 2. The predicted octanol–water partition coefficient (Wildman–Crippen LogP) is 1.94. The van der Waals surface area contributed by atoms with Crippen LogP contribution >= 0.6 is 0 Å². The highest BCUT2D eigenvalue weighted by atomic mass is 16.6. The van der Waals surface area contributed by atoms with Crippen molar-refractivity contribution in [2.24, 2.45) is 0 Å². The van der Waals surface area contributed by atoms with Crippen molar-refractivity contribution < 1.29 is 19.1 Å². The van der Waals surface area contributed by atoms with Gasteiger partial charge in [-0.1, -0.05) is 0 Å². The second kappa shape index (κ2) is 6.92. The van der Waals surface area contributed by atoms with Crippen LogP contribution in [-0.4, -0.2) is 34.6 Å². The Labute approximate surface area is 123 Å². The molecule has 1 heterocycles. The molecule has 0 spiro atoms. The number of methoxy groups -OCH3 is 1. The quantitative estimate of drug-likeness (QED) is 0.678. The summed E-state index contributed by atoms with van der Waals surface area (Å²) in [6, 6.07) is 1.73. The molecule has 0 aromatic carbocycles. The number of carbonyl (C=O) groups is 2. The molecular weight excluding hydrogens is 274 g/mol. The molecular formula is C14H21N3O4. The molecule has 0 radical (unpaired) electrons. The zero-order valence-corrected chi connectivity index (χ0v) is 13.0. The van der Waals surface area contributed by atoms with E-state index >= 15 is 0 Å². The van der Waals surface area contributed by atoms with Crippen LogP contribution in [0.2, 0.25) is 0 Å². The number of ether oxygens (including phenoxy) is 2. The van der Waals surface area contributed by atoms with E-state index in [1.165, 1.54) is 13.2 Å². The fourth-order valence-corrected chi connectivity index (χ4v) is 1.45. The molecule has 0 aliphatic carbocycles. The molecule has 0 bridgehead atoms. The maximum absolute atomic E-state index is 11.7. The molecule has 1 amide bonds. The zero-order chi connectivity index (χ0) is 16.0. The maximum Gasteiger partial charge on any atom is 0.412 e. The number of carbonyl (C=O) groups excluding carboxylic acids is 2. The summed E-state index contributed by atoms with van der Waals surface area (Å²) < 4.78 is 11.4. The third-order valence-corrected chi connectivity index (χ3v) is 2.32. The molecule has 0 fully saturated rings. The van der Waals surface area contributed by atoms with E-state index in [0.717, 1.165) is 0 Å². The minimum atomic E-state index is -0.728. The van der Waals surface area contributed by atoms with Crippen LogP contribution in [0.3, 0.4) is 0 Å². The van der Waals surface area contributed by atoms with Crippen molar-refractivity contribution in [3.8, 4) is 0 Å². The number of alkyl carbamates (subject to hydrolysis) is 1. The summed E-state index contributed by atoms with van der Waals surface area (Å²) in [6.45, 7) is 7.85. The summed E-state index contributed by atoms with van der Waals surface area (Å²) in [5.74, 6) is -0.674. The maximum atomic E-state index is 11.7. The molecule has 21 heavy (non-hydrogen) atoms. The fourth-order valence-electron chi connectivity index (χ4n) is 1.45. The molecule has 1 N–H and O–H groups in total. The Kier molecular flexibility index (Phi) is 5.52. The van der Waals surface area contributed by atoms with Crippen LogP contribution in [0.1, 0.15) is 33.4 Å². The van der Waals surface area contributed by atoms with Gasteiger partial charge in [0, 0.05) is 12.7 Å². The highest BCUT2D eigenvalue weighted by Crippen LogP contribution is 2.09. The smallest absolute Gasteiger partial charge is 0.412 e. The molecule has 0 aliphatic heterocycles. The third-order valence-electron chi connectivity index (χ3n) is 2.32. The average molecular weight is 295 g/mol. The van der Waals surface area contributed by atoms with E-state index in [1.807, 2.05) is 6.92 Å². The summed E-state index contributed by atoms with van der Waals surface area (Å²) in [4.78, 5) is 23.4. The van der Waals surface area contributed by atoms with Gasteiger partial charge < -0.3 is 9.47 Å². The van der Waals surface area contributed by atoms with Crippen molar-refractivity contribution in [2.45, 2.75) is 39.8 Å². The Balaban J connectivity index is 2.90. The Morgan fingerprint density at radius 2 is 2.10 bits per heavy atom. The van der Waals surface area contributed by atoms with Crippen LogP contribution in [0.4, 0.5) is 4.79 Å². The summed E-state index contributed by atoms with van der Waals surface area (Å²) in [7, 11) is 1.23. The lowest BCUT2D eigenvalue weighted by atomic mass is 10.2. The van der Waals surface area contributed by atoms with Crippen LogP contribution in [0.25, 0.3) is 6.08 Å². The molecule has 1 rings (SSSR count). The molecule has 7 nitrogen and oxygen atoms in total. The number of rotatable bonds is 4. The van der Waals surface area contributed by atoms with E-state index in [0.29, 0.717) is 12.2 Å². The molecule has 7 heteroatoms. The van der Waals surface area contributed by atoms with Crippen LogP contribution < -0.4 is 5.32 Å². The lowest BCUT2D eigenvalue weighted by molar-refractivity contribution is -0.136. The van der Waals surface area contributed by atoms with Gasteiger partial charge in [-0.15, -0.1) is 0 Å². The second-order valence-electron chi connectivity index (χ2n) is 5.27. The Morgan fingerprint density at radius 1 is 1.43 bits per heavy atom. The molecule has 1 aromatic heterocycles. The predicted molar refractivity (Wildman–Crippen MR) is 77.3 cm³/mol. The Bertz CT molecular complexity index is 541. The molecule has 1 aromatic rings. The first-order chi connectivity index (χ1) is 9.75. The average Bonchev–Trinajstić information content (AvgIpc) is 2.82. The minimum Gasteiger partial charge on any atom is -0.464 e. The molecule has 0 aliphatic rings. The second-order valence-corrected chi connectivity index (χ2v) is 5.27. The van der Waals surface area contributed by atoms with Gasteiger partial charge in [0.15, 0.2) is 0 Å². The van der Waals surface area contributed by atoms with Gasteiger partial charge in [-0.3, -0.25) is 10.00 Å². The number of aryl methyl sites for hydroxylation is 1. The van der Waals surface area contributed by atoms with E-state index in [-0.39, 0.29) is 5.70 Å². The number of nitrogens with one attached hydrogen (secondary N) is 1. The Morgan fingerprint density at radius 3 is 2.57 bits per heavy atom. The van der Waals surface area contributed by atoms with E-state index in [2.05, 4.69) is 15.2 Å². The highest BCUT2D eigenvalue weighted by Gasteiger charge is 2.20. The molecule has 116 valence electrons. The molecule has 0 saturated carbocycles. The molecule has 0 unspecified atom stereocenters. The van der Waals surface area contributed by atoms with Gasteiger partial charge in [0.2, 0.25) is 0 Å². The Hall–Kier alpha value is -2.31. The van der Waals surface area contributed by atoms with Gasteiger partial charge in [-0.25, -0.2) is 9.59 Å². The van der Waals surface area contributed by atoms with Gasteiger partial charge in [0.25, 0.3) is 0 Å². The zero-order valence-electron chi connectivity index (χ0n) is 13.0. The van der Waals surface area contributed by atoms with Gasteiger partial charge in [0.05, 0.1) is 12.8 Å². The monoisotopic (exact) mass is 295 g/mol. The van der Waals surface area contributed by atoms with Gasteiger partial charge >= 0.3 is 12.1 Å². The number of hydrogen-bond donors (Lipinski definition) is 1. The van der Waals surface area contributed by atoms with Crippen molar-refractivity contribution in [1.29, 1.82) is 0 Å². The van der Waals surface area contributed by atoms with E-state index in [9.17, 15) is 9.59 Å². The van der Waals surface area contributed by atoms with E-state index < -0.39 is 17.7 Å². The number of esters is 1. The summed E-state index contributed by atoms with van der Waals surface area (Å²) in [6.07, 6.45) is 2.48. The van der Waals surface area contributed by atoms with Crippen LogP contribution in [-0.2, 0) is 20.8 Å². The van der Waals surface area contributed by atoms with Gasteiger partial charge in [-0.05, 0) is 39.8 Å². The first-order valence-electron chi connectivity index (χ1n) is 6.58. The largest absolute Gasteiger partial charge is 0.464 e. The van der Waals surface area contributed by atoms with Crippen molar-refractivity contribution in [1.82, 2.24) is 15.1 Å². The number of amides is 1. The summed E-state index contributed by atoms with van der Waals surface area (Å²) in [5.41, 5.74) is -0.156. The number of hydrogen-bond acceptors (Lipinski definition) is 5. The number of nitrogens with zero attached hydrogens (tertiary/aromatic N) is 2. The lowest BCUT2D eigenvalue weighted by Gasteiger charge is -2.19. The minimum absolute atomic E-state index is 0.0342. The van der Waals surface area contributed by atoms with Crippen LogP contribution in [0.15, 0.2) is 18.0 Å². The van der Waals surface area contributed by atoms with Crippen molar-refractivity contribution in [3.63, 3.8) is 0 Å². The van der Waals surface area contributed by atoms with E-state index in [4.69, 9.17) is 4.74 Å². The van der Waals surface area contributed by atoms with Crippen LogP contribution in [0.5, 0.6) is 0 Å². The van der Waals surface area contributed by atoms with Crippen molar-refractivity contribution >= 4 is 18.1 Å². The summed E-state index contributed by atoms with van der Waals surface area (Å²) >= 11 is 0. The first kappa shape index (κ1) is 16.7. The molecule has 0 atom stereocenters. The highest BCUT2D eigenvalue weighted by molar-refractivity contribution is 5.96. The molecule has 0 saturated heterocycles. The topological polar surface area (TPSA) is 82.5 Å². The SMILES string of the molecule is CCn1ccc(C=C(NC(=O)OC(C)(C)C)C(=O)OC)n1. The van der Waals surface area contributed by atoms with Gasteiger partial charge in [-0.2, -0.15) is 5.10 Å². The normalized spacial score (nSPS) is 12.0. The lowest BCUT2D eigenvalue weighted by Crippen LogP contribution is -2.34. The van der Waals surface area contributed by atoms with Gasteiger partial charge in [0.1, 0.15) is 11.3 Å². The first-order valence-corrected chi connectivity index (χ1v) is 6.58. The van der Waals surface area contributed by atoms with Crippen molar-refractivity contribution in [2.75, 3.05) is 7.11 Å². The standard InChI is InChI=1S/C14H21N3O4/c1-6-17-8-7-10(16-17)9-11(12(18)20-5)15-13(19)21-14(2,3)4/h7-9H,6H2,1-5H3,(H,15,19). The fraction of sp³-hybridized carbons (Fsp3) is 0.500. The van der Waals surface area contributed by atoms with Crippen LogP contribution in [0, 0.1) is 0 Å². The summed E-state index contributed by atoms with van der Waals surface area (Å²) in [5, 5.41) is 6.58. The van der Waals surface area contributed by atoms with Crippen molar-refractivity contribution in [3.05, 3.63) is 23.7 Å².